The summed E-state index contributed by atoms with van der Waals surface area (Å²) in [6, 6.07) is 9.54. The molecule has 0 spiro atoms. The Bertz CT molecular complexity index is 842. The van der Waals surface area contributed by atoms with Gasteiger partial charge in [0, 0.05) is 29.2 Å². The number of hydrogen-bond acceptors (Lipinski definition) is 5. The van der Waals surface area contributed by atoms with Crippen molar-refractivity contribution in [2.45, 2.75) is 18.8 Å². The maximum Gasteiger partial charge on any atom is 0.341 e. The summed E-state index contributed by atoms with van der Waals surface area (Å²) in [5.74, 6) is 1.77. The number of thioether (sulfide) groups is 1. The van der Waals surface area contributed by atoms with Crippen molar-refractivity contribution < 1.29 is 9.53 Å². The lowest BCUT2D eigenvalue weighted by Gasteiger charge is -2.12. The molecule has 6 heteroatoms. The normalized spacial score (nSPS) is 13.5. The van der Waals surface area contributed by atoms with Crippen LogP contribution in [0.3, 0.4) is 0 Å². The molecule has 4 heterocycles. The molecule has 1 aliphatic rings. The minimum absolute atomic E-state index is 0.199. The summed E-state index contributed by atoms with van der Waals surface area (Å²) in [6.07, 6.45) is 6.57. The van der Waals surface area contributed by atoms with Crippen LogP contribution in [0.1, 0.15) is 26.5 Å². The number of thiophene rings is 1. The molecular formula is C18H16N2O2S2. The topological polar surface area (TPSA) is 44.1 Å². The van der Waals surface area contributed by atoms with Crippen molar-refractivity contribution in [2.24, 2.45) is 0 Å². The highest BCUT2D eigenvalue weighted by atomic mass is 32.2. The number of pyridine rings is 1. The molecule has 0 N–H and O–H groups in total. The number of fused-ring (bicyclic) bond motifs is 1. The summed E-state index contributed by atoms with van der Waals surface area (Å²) in [7, 11) is 0. The molecule has 0 radical (unpaired) electrons. The molecule has 3 aromatic rings. The van der Waals surface area contributed by atoms with Gasteiger partial charge in [0.1, 0.15) is 11.6 Å². The van der Waals surface area contributed by atoms with Crippen molar-refractivity contribution in [3.63, 3.8) is 0 Å². The van der Waals surface area contributed by atoms with Crippen LogP contribution in [0, 0.1) is 0 Å². The lowest BCUT2D eigenvalue weighted by atomic mass is 10.1. The molecule has 0 amide bonds. The van der Waals surface area contributed by atoms with Crippen LogP contribution < -0.4 is 0 Å². The molecule has 0 saturated heterocycles. The standard InChI is InChI=1S/C18H16N2O2S2/c21-18(22-11-13-5-1-2-7-19-13)16-14-6-10-23-12-15(14)24-17(16)20-8-3-4-9-20/h1-5,7-9H,6,10-12H2. The second-order valence-electron chi connectivity index (χ2n) is 5.47. The fourth-order valence-electron chi connectivity index (χ4n) is 2.78. The largest absolute Gasteiger partial charge is 0.455 e. The zero-order chi connectivity index (χ0) is 16.4. The van der Waals surface area contributed by atoms with E-state index in [0.717, 1.165) is 39.7 Å². The maximum atomic E-state index is 12.8. The summed E-state index contributed by atoms with van der Waals surface area (Å²) in [4.78, 5) is 18.3. The summed E-state index contributed by atoms with van der Waals surface area (Å²) in [5.41, 5.74) is 2.64. The van der Waals surface area contributed by atoms with Gasteiger partial charge in [0.05, 0.1) is 11.3 Å². The van der Waals surface area contributed by atoms with Gasteiger partial charge in [-0.3, -0.25) is 4.98 Å². The fourth-order valence-corrected chi connectivity index (χ4v) is 5.21. The molecule has 0 saturated carbocycles. The van der Waals surface area contributed by atoms with Crippen molar-refractivity contribution in [2.75, 3.05) is 5.75 Å². The van der Waals surface area contributed by atoms with Crippen LogP contribution in [0.4, 0.5) is 0 Å². The minimum Gasteiger partial charge on any atom is -0.455 e. The van der Waals surface area contributed by atoms with Crippen molar-refractivity contribution in [1.82, 2.24) is 9.55 Å². The van der Waals surface area contributed by atoms with Crippen LogP contribution in [0.5, 0.6) is 0 Å². The first-order chi connectivity index (χ1) is 11.8. The van der Waals surface area contributed by atoms with Crippen molar-refractivity contribution in [3.05, 3.63) is 70.6 Å². The first-order valence-electron chi connectivity index (χ1n) is 7.75. The second-order valence-corrected chi connectivity index (χ2v) is 7.66. The first kappa shape index (κ1) is 15.5. The fraction of sp³-hybridized carbons (Fsp3) is 0.222. The van der Waals surface area contributed by atoms with Gasteiger partial charge >= 0.3 is 5.97 Å². The number of ether oxygens (including phenoxy) is 1. The van der Waals surface area contributed by atoms with Gasteiger partial charge in [-0.25, -0.2) is 4.79 Å². The van der Waals surface area contributed by atoms with Crippen molar-refractivity contribution in [1.29, 1.82) is 0 Å². The predicted molar refractivity (Wildman–Crippen MR) is 96.9 cm³/mol. The van der Waals surface area contributed by atoms with E-state index in [9.17, 15) is 4.79 Å². The van der Waals surface area contributed by atoms with Crippen LogP contribution in [0.15, 0.2) is 48.9 Å². The number of carbonyl (C=O) groups excluding carboxylic acids is 1. The average molecular weight is 356 g/mol. The molecule has 24 heavy (non-hydrogen) atoms. The van der Waals surface area contributed by atoms with E-state index in [-0.39, 0.29) is 12.6 Å². The Hall–Kier alpha value is -2.05. The summed E-state index contributed by atoms with van der Waals surface area (Å²) in [5, 5.41) is 0.957. The predicted octanol–water partition coefficient (Wildman–Crippen LogP) is 4.08. The van der Waals surface area contributed by atoms with Gasteiger partial charge in [-0.1, -0.05) is 6.07 Å². The van der Waals surface area contributed by atoms with Gasteiger partial charge in [-0.15, -0.1) is 11.3 Å². The zero-order valence-corrected chi connectivity index (χ0v) is 14.6. The van der Waals surface area contributed by atoms with Gasteiger partial charge in [0.15, 0.2) is 0 Å². The lowest BCUT2D eigenvalue weighted by Crippen LogP contribution is -2.12. The van der Waals surface area contributed by atoms with Gasteiger partial charge in [-0.2, -0.15) is 11.8 Å². The second kappa shape index (κ2) is 6.83. The van der Waals surface area contributed by atoms with E-state index in [0.29, 0.717) is 0 Å². The molecule has 4 rings (SSSR count). The number of aromatic nitrogens is 2. The zero-order valence-electron chi connectivity index (χ0n) is 13.0. The Morgan fingerprint density at radius 1 is 1.25 bits per heavy atom. The van der Waals surface area contributed by atoms with E-state index in [1.54, 1.807) is 17.5 Å². The van der Waals surface area contributed by atoms with Crippen LogP contribution in [-0.2, 0) is 23.5 Å². The molecule has 1 aliphatic heterocycles. The number of nitrogens with zero attached hydrogens (tertiary/aromatic N) is 2. The molecule has 0 atom stereocenters. The molecule has 0 bridgehead atoms. The number of hydrogen-bond donors (Lipinski definition) is 0. The van der Waals surface area contributed by atoms with Crippen molar-refractivity contribution >= 4 is 29.1 Å². The first-order valence-corrected chi connectivity index (χ1v) is 9.72. The number of carbonyl (C=O) groups is 1. The highest BCUT2D eigenvalue weighted by Crippen LogP contribution is 2.38. The molecule has 122 valence electrons. The van der Waals surface area contributed by atoms with Crippen molar-refractivity contribution in [3.8, 4) is 5.00 Å². The Balaban J connectivity index is 1.65. The number of esters is 1. The smallest absolute Gasteiger partial charge is 0.341 e. The Kier molecular flexibility index (Phi) is 4.40. The maximum absolute atomic E-state index is 12.8. The molecule has 0 fully saturated rings. The van der Waals surface area contributed by atoms with E-state index in [2.05, 4.69) is 4.98 Å². The third-order valence-electron chi connectivity index (χ3n) is 3.92. The Morgan fingerprint density at radius 3 is 2.92 bits per heavy atom. The average Bonchev–Trinajstić information content (AvgIpc) is 3.27. The van der Waals surface area contributed by atoms with Crippen LogP contribution in [0.25, 0.3) is 5.00 Å². The van der Waals surface area contributed by atoms with E-state index in [1.807, 2.05) is 59.1 Å². The third-order valence-corrected chi connectivity index (χ3v) is 6.34. The Morgan fingerprint density at radius 2 is 2.12 bits per heavy atom. The minimum atomic E-state index is -0.256. The quantitative estimate of drug-likeness (QED) is 0.661. The molecule has 4 nitrogen and oxygen atoms in total. The molecule has 0 unspecified atom stereocenters. The van der Waals surface area contributed by atoms with Gasteiger partial charge in [-0.05, 0) is 42.0 Å². The van der Waals surface area contributed by atoms with Crippen LogP contribution in [0.2, 0.25) is 0 Å². The molecule has 0 aliphatic carbocycles. The highest BCUT2D eigenvalue weighted by molar-refractivity contribution is 7.98. The van der Waals surface area contributed by atoms with E-state index < -0.39 is 0 Å². The van der Waals surface area contributed by atoms with Gasteiger partial charge in [0.2, 0.25) is 0 Å². The monoisotopic (exact) mass is 356 g/mol. The third kappa shape index (κ3) is 2.99. The molecular weight excluding hydrogens is 340 g/mol. The number of rotatable bonds is 4. The van der Waals surface area contributed by atoms with Crippen LogP contribution in [-0.4, -0.2) is 21.3 Å². The molecule has 0 aromatic carbocycles. The summed E-state index contributed by atoms with van der Waals surface area (Å²) >= 11 is 3.61. The van der Waals surface area contributed by atoms with Gasteiger partial charge < -0.3 is 9.30 Å². The summed E-state index contributed by atoms with van der Waals surface area (Å²) in [6.45, 7) is 0.199. The van der Waals surface area contributed by atoms with Gasteiger partial charge in [0.25, 0.3) is 0 Å². The van der Waals surface area contributed by atoms with E-state index in [1.165, 1.54) is 4.88 Å². The van der Waals surface area contributed by atoms with E-state index in [4.69, 9.17) is 4.74 Å². The Labute approximate surface area is 148 Å². The summed E-state index contributed by atoms with van der Waals surface area (Å²) < 4.78 is 7.57. The SMILES string of the molecule is O=C(OCc1ccccn1)c1c(-n2cccc2)sc2c1CCSC2. The van der Waals surface area contributed by atoms with Crippen LogP contribution >= 0.6 is 23.1 Å². The highest BCUT2D eigenvalue weighted by Gasteiger charge is 2.27. The van der Waals surface area contributed by atoms with E-state index >= 15 is 0 Å². The molecule has 3 aromatic heterocycles. The lowest BCUT2D eigenvalue weighted by molar-refractivity contribution is 0.0467.